The highest BCUT2D eigenvalue weighted by Gasteiger charge is 2.30. The van der Waals surface area contributed by atoms with Crippen molar-refractivity contribution >= 4 is 8.60 Å². The molecule has 0 saturated carbocycles. The van der Waals surface area contributed by atoms with Crippen molar-refractivity contribution in [2.75, 3.05) is 7.11 Å². The first kappa shape index (κ1) is 7.42. The fourth-order valence-electron chi connectivity index (χ4n) is 0.554. The first-order chi connectivity index (χ1) is 4.24. The summed E-state index contributed by atoms with van der Waals surface area (Å²) in [4.78, 5) is 0. The maximum atomic E-state index is 5.24. The molecule has 0 aromatic carbocycles. The van der Waals surface area contributed by atoms with Crippen LogP contribution in [0.25, 0.3) is 0 Å². The van der Waals surface area contributed by atoms with Crippen LogP contribution in [0.15, 0.2) is 0 Å². The third-order valence-electron chi connectivity index (χ3n) is 1.31. The first-order valence-electron chi connectivity index (χ1n) is 2.92. The molecule has 0 spiro atoms. The normalized spacial score (nSPS) is 43.7. The van der Waals surface area contributed by atoms with Crippen LogP contribution in [0.4, 0.5) is 0 Å². The second-order valence-electron chi connectivity index (χ2n) is 2.03. The predicted octanol–water partition coefficient (Wildman–Crippen LogP) is 1.68. The van der Waals surface area contributed by atoms with Crippen molar-refractivity contribution in [3.63, 3.8) is 0 Å². The molecule has 1 fully saturated rings. The minimum Gasteiger partial charge on any atom is -0.316 e. The third kappa shape index (κ3) is 1.62. The quantitative estimate of drug-likeness (QED) is 0.532. The van der Waals surface area contributed by atoms with Crippen LogP contribution in [0, 0.1) is 0 Å². The van der Waals surface area contributed by atoms with E-state index in [1.807, 2.05) is 13.8 Å². The summed E-state index contributed by atoms with van der Waals surface area (Å²) in [6, 6.07) is 0. The van der Waals surface area contributed by atoms with E-state index in [4.69, 9.17) is 13.6 Å². The van der Waals surface area contributed by atoms with E-state index in [0.717, 1.165) is 0 Å². The molecule has 0 bridgehead atoms. The van der Waals surface area contributed by atoms with E-state index in [0.29, 0.717) is 0 Å². The van der Waals surface area contributed by atoms with Gasteiger partial charge < -0.3 is 13.6 Å². The number of rotatable bonds is 1. The summed E-state index contributed by atoms with van der Waals surface area (Å²) in [6.07, 6.45) is 0.354. The summed E-state index contributed by atoms with van der Waals surface area (Å²) in [5.74, 6) is 0. The third-order valence-corrected chi connectivity index (χ3v) is 2.62. The van der Waals surface area contributed by atoms with E-state index in [9.17, 15) is 0 Å². The monoisotopic (exact) mass is 150 g/mol. The average molecular weight is 150 g/mol. The average Bonchev–Trinajstić information content (AvgIpc) is 2.13. The number of hydrogen-bond acceptors (Lipinski definition) is 3. The SMILES string of the molecule is COP1OC(C)[C@@H](C)O1. The zero-order valence-corrected chi connectivity index (χ0v) is 6.72. The Morgan fingerprint density at radius 2 is 1.67 bits per heavy atom. The lowest BCUT2D eigenvalue weighted by Gasteiger charge is -2.01. The van der Waals surface area contributed by atoms with Gasteiger partial charge in [0.25, 0.3) is 0 Å². The van der Waals surface area contributed by atoms with E-state index in [2.05, 4.69) is 0 Å². The van der Waals surface area contributed by atoms with Gasteiger partial charge in [0.05, 0.1) is 12.2 Å². The van der Waals surface area contributed by atoms with Gasteiger partial charge in [0.15, 0.2) is 0 Å². The smallest absolute Gasteiger partial charge is 0.316 e. The molecule has 1 rings (SSSR count). The molecule has 0 N–H and O–H groups in total. The van der Waals surface area contributed by atoms with Gasteiger partial charge in [-0.25, -0.2) is 0 Å². The maximum absolute atomic E-state index is 5.24. The Morgan fingerprint density at radius 3 is 1.89 bits per heavy atom. The Hall–Kier alpha value is 0.310. The van der Waals surface area contributed by atoms with Crippen molar-refractivity contribution in [1.82, 2.24) is 0 Å². The first-order valence-corrected chi connectivity index (χ1v) is 4.01. The van der Waals surface area contributed by atoms with Crippen molar-refractivity contribution in [3.05, 3.63) is 0 Å². The summed E-state index contributed by atoms with van der Waals surface area (Å²) in [6.45, 7) is 3.96. The van der Waals surface area contributed by atoms with Crippen molar-refractivity contribution in [3.8, 4) is 0 Å². The molecule has 0 aromatic heterocycles. The molecule has 1 saturated heterocycles. The second kappa shape index (κ2) is 2.93. The van der Waals surface area contributed by atoms with Crippen molar-refractivity contribution in [2.24, 2.45) is 0 Å². The second-order valence-corrected chi connectivity index (χ2v) is 3.26. The van der Waals surface area contributed by atoms with E-state index >= 15 is 0 Å². The minimum atomic E-state index is -1.02. The van der Waals surface area contributed by atoms with Gasteiger partial charge in [-0.3, -0.25) is 0 Å². The van der Waals surface area contributed by atoms with Crippen LogP contribution in [0.1, 0.15) is 13.8 Å². The molecule has 4 heteroatoms. The van der Waals surface area contributed by atoms with Gasteiger partial charge in [0.2, 0.25) is 0 Å². The van der Waals surface area contributed by atoms with Crippen LogP contribution in [-0.4, -0.2) is 19.3 Å². The van der Waals surface area contributed by atoms with E-state index in [1.54, 1.807) is 7.11 Å². The molecule has 0 aliphatic carbocycles. The van der Waals surface area contributed by atoms with Gasteiger partial charge in [0, 0.05) is 7.11 Å². The fraction of sp³-hybridized carbons (Fsp3) is 1.00. The highest BCUT2D eigenvalue weighted by atomic mass is 31.2. The zero-order valence-electron chi connectivity index (χ0n) is 5.83. The summed E-state index contributed by atoms with van der Waals surface area (Å²) in [5, 5.41) is 0. The largest absolute Gasteiger partial charge is 0.333 e. The van der Waals surface area contributed by atoms with Gasteiger partial charge in [-0.1, -0.05) is 0 Å². The molecule has 1 aliphatic heterocycles. The lowest BCUT2D eigenvalue weighted by atomic mass is 10.3. The van der Waals surface area contributed by atoms with Crippen LogP contribution in [0.5, 0.6) is 0 Å². The maximum Gasteiger partial charge on any atom is 0.333 e. The summed E-state index contributed by atoms with van der Waals surface area (Å²) in [5.41, 5.74) is 0. The molecule has 0 radical (unpaired) electrons. The van der Waals surface area contributed by atoms with E-state index < -0.39 is 8.60 Å². The molecule has 3 atom stereocenters. The van der Waals surface area contributed by atoms with Crippen molar-refractivity contribution < 1.29 is 13.6 Å². The Labute approximate surface area is 56.3 Å². The van der Waals surface area contributed by atoms with Crippen molar-refractivity contribution in [1.29, 1.82) is 0 Å². The Bertz CT molecular complexity index is 88.2. The van der Waals surface area contributed by atoms with E-state index in [1.165, 1.54) is 0 Å². The van der Waals surface area contributed by atoms with Crippen LogP contribution in [-0.2, 0) is 13.6 Å². The molecule has 0 aromatic rings. The Balaban J connectivity index is 2.35. The molecular weight excluding hydrogens is 139 g/mol. The molecule has 0 amide bonds. The summed E-state index contributed by atoms with van der Waals surface area (Å²) >= 11 is 0. The standard InChI is InChI=1S/C5H11O3P/c1-4-5(2)8-9(6-3)7-4/h4-5H,1-3H3/t4-,5?,9?/m1/s1. The fourth-order valence-corrected chi connectivity index (χ4v) is 1.66. The van der Waals surface area contributed by atoms with Crippen LogP contribution >= 0.6 is 8.60 Å². The zero-order chi connectivity index (χ0) is 6.85. The minimum absolute atomic E-state index is 0.177. The predicted molar refractivity (Wildman–Crippen MR) is 35.0 cm³/mol. The van der Waals surface area contributed by atoms with Gasteiger partial charge in [-0.15, -0.1) is 0 Å². The molecule has 2 unspecified atom stereocenters. The molecule has 1 aliphatic rings. The molecule has 9 heavy (non-hydrogen) atoms. The highest BCUT2D eigenvalue weighted by Crippen LogP contribution is 2.48. The topological polar surface area (TPSA) is 27.7 Å². The van der Waals surface area contributed by atoms with Crippen LogP contribution in [0.2, 0.25) is 0 Å². The van der Waals surface area contributed by atoms with Crippen LogP contribution in [0.3, 0.4) is 0 Å². The Kier molecular flexibility index (Phi) is 2.42. The highest BCUT2D eigenvalue weighted by molar-refractivity contribution is 7.42. The van der Waals surface area contributed by atoms with E-state index in [-0.39, 0.29) is 12.2 Å². The summed E-state index contributed by atoms with van der Waals surface area (Å²) in [7, 11) is 0.572. The van der Waals surface area contributed by atoms with Gasteiger partial charge in [-0.2, -0.15) is 0 Å². The van der Waals surface area contributed by atoms with Crippen LogP contribution < -0.4 is 0 Å². The summed E-state index contributed by atoms with van der Waals surface area (Å²) < 4.78 is 15.4. The molecule has 1 heterocycles. The molecule has 54 valence electrons. The lowest BCUT2D eigenvalue weighted by molar-refractivity contribution is 0.187. The van der Waals surface area contributed by atoms with Crippen molar-refractivity contribution in [2.45, 2.75) is 26.1 Å². The molecular formula is C5H11O3P. The van der Waals surface area contributed by atoms with Gasteiger partial charge in [0.1, 0.15) is 0 Å². The molecule has 3 nitrogen and oxygen atoms in total. The number of hydrogen-bond donors (Lipinski definition) is 0. The van der Waals surface area contributed by atoms with Gasteiger partial charge in [-0.05, 0) is 13.8 Å². The Morgan fingerprint density at radius 1 is 1.22 bits per heavy atom. The van der Waals surface area contributed by atoms with Gasteiger partial charge >= 0.3 is 8.60 Å². The lowest BCUT2D eigenvalue weighted by Crippen LogP contribution is -2.13.